The van der Waals surface area contributed by atoms with Crippen LogP contribution in [0, 0.1) is 0 Å². The van der Waals surface area contributed by atoms with Crippen LogP contribution in [0.3, 0.4) is 0 Å². The van der Waals surface area contributed by atoms with Crippen molar-refractivity contribution in [3.8, 4) is 0 Å². The van der Waals surface area contributed by atoms with Gasteiger partial charge in [0.1, 0.15) is 60.4 Å². The Bertz CT molecular complexity index is 2540. The molecule has 11 N–H and O–H groups in total. The standard InChI is InChI=1S/C28H38N7O23P3/c1-28(43)22(58-61(49,50)52-10-14-20(38)21(39)23(55-14)34-7-4-18(37)32-27(34)42)15(56-24(28)35-5-2-16(29)30-25(35)40)11-53-60(47,48)57-12-8-19(33-6-3-17(36)31-26(33)41)54-13(12)9-51-59(44,45)46/h2-7,12-15,19-24,38-39,43H,8-11H2,1H3,(H,47,48)(H,49,50)(H2,29,30,40)(H,31,36,41)(H,32,37,42)(H2,44,45,46)/t12-,13+,14+,15+,19+,20+,21+,22+,23+,24+,28+/m0/s1/i59+1. The third-order valence-corrected chi connectivity index (χ3v) is 11.8. The van der Waals surface area contributed by atoms with Crippen molar-refractivity contribution in [2.75, 3.05) is 25.6 Å². The molecule has 3 aliphatic heterocycles. The summed E-state index contributed by atoms with van der Waals surface area (Å²) in [4.78, 5) is 108. The Morgan fingerprint density at radius 2 is 1.33 bits per heavy atom. The van der Waals surface area contributed by atoms with Crippen LogP contribution >= 0.6 is 23.5 Å². The average molecular weight is 935 g/mol. The number of ether oxygens (including phenoxy) is 3. The van der Waals surface area contributed by atoms with E-state index in [9.17, 15) is 72.6 Å². The van der Waals surface area contributed by atoms with Crippen molar-refractivity contribution in [3.05, 3.63) is 89.0 Å². The van der Waals surface area contributed by atoms with Crippen molar-refractivity contribution >= 4 is 29.3 Å². The number of rotatable bonds is 16. The number of aliphatic hydroxyl groups excluding tert-OH is 2. The summed E-state index contributed by atoms with van der Waals surface area (Å²) >= 11 is 0. The number of nitrogens with two attached hydrogens (primary N) is 1. The Labute approximate surface area is 338 Å². The number of H-pyrrole nitrogens is 2. The lowest BCUT2D eigenvalue weighted by atomic mass is 9.96. The summed E-state index contributed by atoms with van der Waals surface area (Å²) in [6.45, 7) is -2.17. The van der Waals surface area contributed by atoms with Gasteiger partial charge in [-0.2, -0.15) is 4.98 Å². The SMILES string of the molecule is C[C@@]1(O)[C@H](OP(=O)(O)OC[C@H]2O[C@@H](n3ccc(=O)[nH]c3=O)[C@H](O)[C@@H]2O)[C@@H](COP(=O)(O)O[C@H]2C[C@H](n3ccc(=O)[nH]c3=O)O[C@@H]2CO[32P](=O)(O)O)O[C@H]1n1ccc(N)nc1=O. The fraction of sp³-hybridized carbons (Fsp3) is 0.571. The monoisotopic (exact) mass is 934 g/mol. The number of hydrogen-bond acceptors (Lipinski definition) is 21. The van der Waals surface area contributed by atoms with E-state index in [1.54, 1.807) is 0 Å². The third-order valence-electron chi connectivity index (χ3n) is 9.35. The second-order valence-electron chi connectivity index (χ2n) is 13.7. The number of nitrogens with one attached hydrogen (secondary N) is 2. The van der Waals surface area contributed by atoms with Gasteiger partial charge in [-0.25, -0.2) is 28.1 Å². The molecular weight excluding hydrogens is 896 g/mol. The second-order valence-corrected chi connectivity index (χ2v) is 17.8. The molecule has 3 saturated heterocycles. The van der Waals surface area contributed by atoms with Gasteiger partial charge < -0.3 is 54.8 Å². The fourth-order valence-electron chi connectivity index (χ4n) is 6.54. The van der Waals surface area contributed by atoms with Crippen LogP contribution in [0.25, 0.3) is 0 Å². The zero-order valence-corrected chi connectivity index (χ0v) is 33.6. The van der Waals surface area contributed by atoms with Gasteiger partial charge >= 0.3 is 40.5 Å². The first-order valence-corrected chi connectivity index (χ1v) is 21.9. The first-order chi connectivity index (χ1) is 28.3. The zero-order valence-electron chi connectivity index (χ0n) is 30.9. The highest BCUT2D eigenvalue weighted by atomic mass is 32.2. The first-order valence-electron chi connectivity index (χ1n) is 17.4. The van der Waals surface area contributed by atoms with Gasteiger partial charge in [0.05, 0.1) is 19.8 Å². The van der Waals surface area contributed by atoms with Gasteiger partial charge in [0.15, 0.2) is 12.5 Å². The Kier molecular flexibility index (Phi) is 13.5. The molecule has 0 aromatic carbocycles. The van der Waals surface area contributed by atoms with Gasteiger partial charge in [0, 0.05) is 37.1 Å². The first kappa shape index (κ1) is 46.6. The summed E-state index contributed by atoms with van der Waals surface area (Å²) < 4.78 is 82.3. The number of hydrogen-bond donors (Lipinski definition) is 10. The van der Waals surface area contributed by atoms with Gasteiger partial charge in [-0.05, 0) is 13.0 Å². The van der Waals surface area contributed by atoms with Crippen LogP contribution in [-0.2, 0) is 50.5 Å². The summed E-state index contributed by atoms with van der Waals surface area (Å²) in [5.41, 5.74) is -1.66. The minimum atomic E-state index is -5.48. The van der Waals surface area contributed by atoms with E-state index in [1.165, 1.54) is 0 Å². The third kappa shape index (κ3) is 10.8. The van der Waals surface area contributed by atoms with Crippen molar-refractivity contribution in [2.24, 2.45) is 0 Å². The average Bonchev–Trinajstić information content (AvgIpc) is 3.75. The Balaban J connectivity index is 1.19. The molecule has 0 saturated carbocycles. The van der Waals surface area contributed by atoms with Gasteiger partial charge in [0.25, 0.3) is 11.1 Å². The normalized spacial score (nSPS) is 32.5. The van der Waals surface area contributed by atoms with Crippen LogP contribution in [0.2, 0.25) is 0 Å². The molecule has 33 heteroatoms. The maximum absolute atomic E-state index is 13.4. The molecule has 2 unspecified atom stereocenters. The van der Waals surface area contributed by atoms with Crippen molar-refractivity contribution in [1.82, 2.24) is 28.7 Å². The van der Waals surface area contributed by atoms with E-state index >= 15 is 0 Å². The molecule has 0 bridgehead atoms. The maximum Gasteiger partial charge on any atom is 0.472 e. The molecule has 61 heavy (non-hydrogen) atoms. The lowest BCUT2D eigenvalue weighted by Crippen LogP contribution is -2.47. The van der Waals surface area contributed by atoms with E-state index in [1.807, 2.05) is 9.97 Å². The highest BCUT2D eigenvalue weighted by molar-refractivity contribution is 7.47. The highest BCUT2D eigenvalue weighted by Crippen LogP contribution is 2.54. The molecule has 0 aliphatic carbocycles. The lowest BCUT2D eigenvalue weighted by molar-refractivity contribution is -0.0994. The van der Waals surface area contributed by atoms with Gasteiger partial charge in [0.2, 0.25) is 0 Å². The van der Waals surface area contributed by atoms with E-state index in [0.717, 1.165) is 52.8 Å². The molecule has 338 valence electrons. The summed E-state index contributed by atoms with van der Waals surface area (Å²) in [5.74, 6) is -0.250. The largest absolute Gasteiger partial charge is 0.472 e. The van der Waals surface area contributed by atoms with E-state index in [-0.39, 0.29) is 5.82 Å². The zero-order chi connectivity index (χ0) is 44.8. The molecule has 30 nitrogen and oxygen atoms in total. The minimum Gasteiger partial charge on any atom is -0.387 e. The van der Waals surface area contributed by atoms with Gasteiger partial charge in [-0.15, -0.1) is 0 Å². The van der Waals surface area contributed by atoms with E-state index in [0.29, 0.717) is 4.57 Å². The molecule has 3 aromatic rings. The summed E-state index contributed by atoms with van der Waals surface area (Å²) in [7, 11) is -16.0. The van der Waals surface area contributed by atoms with Gasteiger partial charge in [-0.1, -0.05) is 0 Å². The highest BCUT2D eigenvalue weighted by Gasteiger charge is 2.58. The number of phosphoric ester groups is 3. The molecule has 0 amide bonds. The van der Waals surface area contributed by atoms with Crippen LogP contribution in [-0.4, -0.2) is 132 Å². The lowest BCUT2D eigenvalue weighted by Gasteiger charge is -2.31. The number of anilines is 1. The van der Waals surface area contributed by atoms with E-state index in [2.05, 4.69) is 9.51 Å². The molecule has 3 aliphatic rings. The molecule has 3 fully saturated rings. The Morgan fingerprint density at radius 1 is 0.770 bits per heavy atom. The molecule has 3 aromatic heterocycles. The van der Waals surface area contributed by atoms with Crippen molar-refractivity contribution in [2.45, 2.75) is 80.4 Å². The number of aliphatic hydroxyl groups is 3. The number of aromatic amines is 2. The molecule has 0 radical (unpaired) electrons. The Morgan fingerprint density at radius 3 is 1.92 bits per heavy atom. The molecule has 6 heterocycles. The quantitative estimate of drug-likeness (QED) is 0.0606. The van der Waals surface area contributed by atoms with Crippen molar-refractivity contribution in [3.63, 3.8) is 0 Å². The van der Waals surface area contributed by atoms with Crippen LogP contribution in [0.5, 0.6) is 0 Å². The van der Waals surface area contributed by atoms with Crippen LogP contribution < -0.4 is 33.9 Å². The van der Waals surface area contributed by atoms with E-state index in [4.69, 9.17) is 38.0 Å². The summed E-state index contributed by atoms with van der Waals surface area (Å²) in [5, 5.41) is 32.7. The number of nitrogens with zero attached hydrogens (tertiary/aromatic N) is 4. The Hall–Kier alpha value is -3.87. The van der Waals surface area contributed by atoms with E-state index < -0.39 is 145 Å². The minimum absolute atomic E-state index is 0.250. The maximum atomic E-state index is 13.4. The number of phosphoric acid groups is 3. The summed E-state index contributed by atoms with van der Waals surface area (Å²) in [6, 6.07) is 2.99. The van der Waals surface area contributed by atoms with Crippen molar-refractivity contribution < 1.29 is 85.4 Å². The van der Waals surface area contributed by atoms with Crippen molar-refractivity contribution in [1.29, 1.82) is 0 Å². The van der Waals surface area contributed by atoms with Crippen LogP contribution in [0.1, 0.15) is 32.0 Å². The number of aromatic nitrogens is 6. The molecule has 13 atom stereocenters. The smallest absolute Gasteiger partial charge is 0.387 e. The fourth-order valence-corrected chi connectivity index (χ4v) is 8.87. The molecular formula is C28H38N7O23P3. The van der Waals surface area contributed by atoms with Crippen LogP contribution in [0.15, 0.2) is 60.8 Å². The predicted octanol–water partition coefficient (Wildman–Crippen LogP) is -4.41. The molecule has 0 spiro atoms. The predicted molar refractivity (Wildman–Crippen MR) is 194 cm³/mol. The second kappa shape index (κ2) is 17.7. The topological polar surface area (TPSA) is 437 Å². The summed E-state index contributed by atoms with van der Waals surface area (Å²) in [6.07, 6.45) is -14.8. The number of nitrogen functional groups attached to an aromatic ring is 1. The molecule has 6 rings (SSSR count). The van der Waals surface area contributed by atoms with Gasteiger partial charge in [-0.3, -0.25) is 55.9 Å². The van der Waals surface area contributed by atoms with Crippen LogP contribution in [0.4, 0.5) is 5.82 Å².